The van der Waals surface area contributed by atoms with Crippen LogP contribution in [-0.4, -0.2) is 43.5 Å². The predicted molar refractivity (Wildman–Crippen MR) is 68.2 cm³/mol. The summed E-state index contributed by atoms with van der Waals surface area (Å²) in [6, 6.07) is -0.0779. The average molecular weight is 229 g/mol. The number of carbonyl (C=O) groups excluding carboxylic acids is 1. The third-order valence-electron chi connectivity index (χ3n) is 2.87. The van der Waals surface area contributed by atoms with Crippen LogP contribution >= 0.6 is 0 Å². The first kappa shape index (κ1) is 15.4. The molecule has 0 bridgehead atoms. The fourth-order valence-electron chi connectivity index (χ4n) is 1.46. The molecule has 0 saturated carbocycles. The van der Waals surface area contributed by atoms with Crippen molar-refractivity contribution in [2.24, 2.45) is 11.7 Å². The van der Waals surface area contributed by atoms with Crippen LogP contribution in [0.2, 0.25) is 0 Å². The van der Waals surface area contributed by atoms with Gasteiger partial charge in [-0.05, 0) is 32.9 Å². The molecule has 0 heterocycles. The molecule has 0 rings (SSSR count). The zero-order valence-corrected chi connectivity index (χ0v) is 11.1. The van der Waals surface area contributed by atoms with Crippen LogP contribution in [0.3, 0.4) is 0 Å². The summed E-state index contributed by atoms with van der Waals surface area (Å²) in [5.41, 5.74) is 5.57. The van der Waals surface area contributed by atoms with E-state index >= 15 is 0 Å². The topological polar surface area (TPSA) is 58.4 Å². The van der Waals surface area contributed by atoms with Gasteiger partial charge in [-0.15, -0.1) is 0 Å². The van der Waals surface area contributed by atoms with E-state index in [1.54, 1.807) is 0 Å². The predicted octanol–water partition coefficient (Wildman–Crippen LogP) is 0.818. The molecule has 2 unspecified atom stereocenters. The summed E-state index contributed by atoms with van der Waals surface area (Å²) in [5.74, 6) is 0.538. The number of nitrogens with one attached hydrogen (secondary N) is 1. The molecule has 0 saturated heterocycles. The Bertz CT molecular complexity index is 197. The Morgan fingerprint density at radius 3 is 2.56 bits per heavy atom. The highest BCUT2D eigenvalue weighted by molar-refractivity contribution is 5.81. The van der Waals surface area contributed by atoms with Crippen molar-refractivity contribution >= 4 is 5.91 Å². The Morgan fingerprint density at radius 2 is 2.06 bits per heavy atom. The molecule has 0 spiro atoms. The molecular weight excluding hydrogens is 202 g/mol. The summed E-state index contributed by atoms with van der Waals surface area (Å²) in [4.78, 5) is 13.8. The van der Waals surface area contributed by atoms with Crippen molar-refractivity contribution in [1.82, 2.24) is 10.2 Å². The van der Waals surface area contributed by atoms with Crippen molar-refractivity contribution < 1.29 is 4.79 Å². The molecule has 3 N–H and O–H groups in total. The Hall–Kier alpha value is -0.610. The average Bonchev–Trinajstić information content (AvgIpc) is 2.27. The van der Waals surface area contributed by atoms with E-state index in [2.05, 4.69) is 24.1 Å². The van der Waals surface area contributed by atoms with Gasteiger partial charge >= 0.3 is 0 Å². The van der Waals surface area contributed by atoms with E-state index in [9.17, 15) is 4.79 Å². The molecule has 0 aromatic rings. The third kappa shape index (κ3) is 6.08. The lowest BCUT2D eigenvalue weighted by Crippen LogP contribution is -2.45. The van der Waals surface area contributed by atoms with Gasteiger partial charge in [0.15, 0.2) is 0 Å². The van der Waals surface area contributed by atoms with E-state index in [0.717, 1.165) is 25.9 Å². The van der Waals surface area contributed by atoms with Gasteiger partial charge in [0.2, 0.25) is 5.91 Å². The molecule has 0 aliphatic rings. The fraction of sp³-hybridized carbons (Fsp3) is 0.917. The van der Waals surface area contributed by atoms with Crippen LogP contribution in [0.15, 0.2) is 0 Å². The first-order valence-corrected chi connectivity index (χ1v) is 6.20. The monoisotopic (exact) mass is 229 g/mol. The van der Waals surface area contributed by atoms with Crippen molar-refractivity contribution in [2.45, 2.75) is 39.7 Å². The quantitative estimate of drug-likeness (QED) is 0.606. The van der Waals surface area contributed by atoms with Crippen molar-refractivity contribution in [3.05, 3.63) is 0 Å². The van der Waals surface area contributed by atoms with Gasteiger partial charge in [-0.25, -0.2) is 0 Å². The molecule has 0 aliphatic carbocycles. The Labute approximate surface area is 99.6 Å². The van der Waals surface area contributed by atoms with Crippen molar-refractivity contribution in [1.29, 1.82) is 0 Å². The van der Waals surface area contributed by atoms with Gasteiger partial charge in [-0.1, -0.05) is 20.3 Å². The number of nitrogens with zero attached hydrogens (tertiary/aromatic N) is 1. The largest absolute Gasteiger partial charge is 0.355 e. The Morgan fingerprint density at radius 1 is 1.44 bits per heavy atom. The first-order valence-electron chi connectivity index (χ1n) is 6.20. The second-order valence-corrected chi connectivity index (χ2v) is 4.60. The molecule has 0 aromatic heterocycles. The SMILES string of the molecule is CCCCNC(=O)C(C)N(C)CC(C)CN. The number of nitrogens with two attached hydrogens (primary N) is 1. The Kier molecular flexibility index (Phi) is 8.21. The van der Waals surface area contributed by atoms with Crippen molar-refractivity contribution in [2.75, 3.05) is 26.7 Å². The third-order valence-corrected chi connectivity index (χ3v) is 2.87. The number of rotatable bonds is 8. The number of unbranched alkanes of at least 4 members (excludes halogenated alkanes) is 1. The maximum atomic E-state index is 11.7. The van der Waals surface area contributed by atoms with Crippen LogP contribution in [-0.2, 0) is 4.79 Å². The molecule has 4 nitrogen and oxygen atoms in total. The number of likely N-dealkylation sites (N-methyl/N-ethyl adjacent to an activating group) is 1. The van der Waals surface area contributed by atoms with Crippen LogP contribution in [0.4, 0.5) is 0 Å². The number of amides is 1. The minimum Gasteiger partial charge on any atom is -0.355 e. The molecule has 0 aromatic carbocycles. The second kappa shape index (κ2) is 8.53. The zero-order chi connectivity index (χ0) is 12.6. The molecule has 4 heteroatoms. The number of hydrogen-bond donors (Lipinski definition) is 2. The molecule has 0 aliphatic heterocycles. The van der Waals surface area contributed by atoms with E-state index in [1.807, 2.05) is 14.0 Å². The van der Waals surface area contributed by atoms with Crippen molar-refractivity contribution in [3.63, 3.8) is 0 Å². The lowest BCUT2D eigenvalue weighted by atomic mass is 10.1. The van der Waals surface area contributed by atoms with Crippen LogP contribution < -0.4 is 11.1 Å². The zero-order valence-electron chi connectivity index (χ0n) is 11.1. The summed E-state index contributed by atoms with van der Waals surface area (Å²) in [6.45, 7) is 8.45. The van der Waals surface area contributed by atoms with Gasteiger partial charge in [0, 0.05) is 13.1 Å². The second-order valence-electron chi connectivity index (χ2n) is 4.60. The van der Waals surface area contributed by atoms with E-state index in [4.69, 9.17) is 5.73 Å². The molecule has 0 radical (unpaired) electrons. The van der Waals surface area contributed by atoms with Gasteiger partial charge in [-0.2, -0.15) is 0 Å². The summed E-state index contributed by atoms with van der Waals surface area (Å²) >= 11 is 0. The summed E-state index contributed by atoms with van der Waals surface area (Å²) in [6.07, 6.45) is 2.15. The van der Waals surface area contributed by atoms with Crippen molar-refractivity contribution in [3.8, 4) is 0 Å². The van der Waals surface area contributed by atoms with Gasteiger partial charge in [0.25, 0.3) is 0 Å². The van der Waals surface area contributed by atoms with E-state index in [-0.39, 0.29) is 11.9 Å². The molecule has 16 heavy (non-hydrogen) atoms. The van der Waals surface area contributed by atoms with Crippen LogP contribution in [0.1, 0.15) is 33.6 Å². The minimum atomic E-state index is -0.0779. The normalized spacial score (nSPS) is 14.9. The standard InChI is InChI=1S/C12H27N3O/c1-5-6-7-14-12(16)11(3)15(4)9-10(2)8-13/h10-11H,5-9,13H2,1-4H3,(H,14,16). The van der Waals surface area contributed by atoms with E-state index < -0.39 is 0 Å². The maximum Gasteiger partial charge on any atom is 0.237 e. The summed E-state index contributed by atoms with van der Waals surface area (Å²) in [5, 5.41) is 2.94. The summed E-state index contributed by atoms with van der Waals surface area (Å²) < 4.78 is 0. The highest BCUT2D eigenvalue weighted by Gasteiger charge is 2.18. The molecule has 2 atom stereocenters. The highest BCUT2D eigenvalue weighted by atomic mass is 16.2. The maximum absolute atomic E-state index is 11.7. The van der Waals surface area contributed by atoms with E-state index in [1.165, 1.54) is 0 Å². The lowest BCUT2D eigenvalue weighted by Gasteiger charge is -2.26. The van der Waals surface area contributed by atoms with Crippen LogP contribution in [0.25, 0.3) is 0 Å². The molecule has 0 fully saturated rings. The summed E-state index contributed by atoms with van der Waals surface area (Å²) in [7, 11) is 1.97. The Balaban J connectivity index is 3.91. The first-order chi connectivity index (χ1) is 7.52. The van der Waals surface area contributed by atoms with Gasteiger partial charge in [0.1, 0.15) is 0 Å². The van der Waals surface area contributed by atoms with Gasteiger partial charge < -0.3 is 11.1 Å². The van der Waals surface area contributed by atoms with Gasteiger partial charge in [-0.3, -0.25) is 9.69 Å². The highest BCUT2D eigenvalue weighted by Crippen LogP contribution is 2.01. The molecule has 96 valence electrons. The molecular formula is C12H27N3O. The lowest BCUT2D eigenvalue weighted by molar-refractivity contribution is -0.125. The molecule has 1 amide bonds. The smallest absolute Gasteiger partial charge is 0.237 e. The minimum absolute atomic E-state index is 0.0779. The number of carbonyl (C=O) groups is 1. The number of hydrogen-bond acceptors (Lipinski definition) is 3. The fourth-order valence-corrected chi connectivity index (χ4v) is 1.46. The van der Waals surface area contributed by atoms with Crippen LogP contribution in [0.5, 0.6) is 0 Å². The van der Waals surface area contributed by atoms with E-state index in [0.29, 0.717) is 12.5 Å². The van der Waals surface area contributed by atoms with Crippen LogP contribution in [0, 0.1) is 5.92 Å². The van der Waals surface area contributed by atoms with Gasteiger partial charge in [0.05, 0.1) is 6.04 Å².